The average Bonchev–Trinajstić information content (AvgIpc) is 3.05. The maximum atomic E-state index is 12.2. The Bertz CT molecular complexity index is 960. The number of aromatic nitrogens is 1. The number of rotatable bonds is 4. The topological polar surface area (TPSA) is 103 Å². The van der Waals surface area contributed by atoms with E-state index in [0.29, 0.717) is 11.3 Å². The molecule has 132 valence electrons. The first-order valence-corrected chi connectivity index (χ1v) is 8.05. The first kappa shape index (κ1) is 17.2. The molecule has 0 saturated carbocycles. The lowest BCUT2D eigenvalue weighted by Gasteiger charge is -2.08. The predicted molar refractivity (Wildman–Crippen MR) is 98.4 cm³/mol. The van der Waals surface area contributed by atoms with Crippen LogP contribution in [0.5, 0.6) is 0 Å². The SMILES string of the molecule is CC(=O)Nc1ccc(CC(=O)NNC(=O)c2c[nH]c3ccccc23)cc1. The number of anilines is 1. The number of para-hydroxylation sites is 1. The molecule has 4 N–H and O–H groups in total. The molecule has 0 atom stereocenters. The number of amides is 3. The largest absolute Gasteiger partial charge is 0.360 e. The second kappa shape index (κ2) is 7.52. The number of fused-ring (bicyclic) bond motifs is 1. The van der Waals surface area contributed by atoms with Gasteiger partial charge in [-0.2, -0.15) is 0 Å². The van der Waals surface area contributed by atoms with Crippen LogP contribution in [0.2, 0.25) is 0 Å². The van der Waals surface area contributed by atoms with Gasteiger partial charge in [-0.25, -0.2) is 0 Å². The average molecular weight is 350 g/mol. The molecule has 1 aromatic heterocycles. The minimum Gasteiger partial charge on any atom is -0.360 e. The van der Waals surface area contributed by atoms with Crippen molar-refractivity contribution in [2.75, 3.05) is 5.32 Å². The molecule has 0 saturated heterocycles. The van der Waals surface area contributed by atoms with Gasteiger partial charge in [0.2, 0.25) is 11.8 Å². The molecule has 2 aromatic carbocycles. The van der Waals surface area contributed by atoms with E-state index < -0.39 is 5.91 Å². The third-order valence-corrected chi connectivity index (χ3v) is 3.79. The van der Waals surface area contributed by atoms with E-state index in [2.05, 4.69) is 21.2 Å². The van der Waals surface area contributed by atoms with E-state index in [-0.39, 0.29) is 18.2 Å². The van der Waals surface area contributed by atoms with Crippen molar-refractivity contribution in [1.29, 1.82) is 0 Å². The monoisotopic (exact) mass is 350 g/mol. The van der Waals surface area contributed by atoms with Crippen molar-refractivity contribution in [3.8, 4) is 0 Å². The van der Waals surface area contributed by atoms with Crippen LogP contribution in [0.15, 0.2) is 54.7 Å². The highest BCUT2D eigenvalue weighted by atomic mass is 16.2. The van der Waals surface area contributed by atoms with E-state index in [9.17, 15) is 14.4 Å². The molecule has 0 bridgehead atoms. The van der Waals surface area contributed by atoms with Crippen LogP contribution in [-0.4, -0.2) is 22.7 Å². The summed E-state index contributed by atoms with van der Waals surface area (Å²) in [7, 11) is 0. The number of hydrogen-bond donors (Lipinski definition) is 4. The van der Waals surface area contributed by atoms with Gasteiger partial charge >= 0.3 is 0 Å². The van der Waals surface area contributed by atoms with Gasteiger partial charge in [0, 0.05) is 29.7 Å². The minimum absolute atomic E-state index is 0.106. The zero-order valence-electron chi connectivity index (χ0n) is 14.1. The fraction of sp³-hybridized carbons (Fsp3) is 0.105. The van der Waals surface area contributed by atoms with Gasteiger partial charge in [0.15, 0.2) is 0 Å². The lowest BCUT2D eigenvalue weighted by atomic mass is 10.1. The van der Waals surface area contributed by atoms with E-state index in [1.165, 1.54) is 6.92 Å². The highest BCUT2D eigenvalue weighted by Crippen LogP contribution is 2.17. The molecule has 1 heterocycles. The van der Waals surface area contributed by atoms with Gasteiger partial charge in [0.1, 0.15) is 0 Å². The fourth-order valence-electron chi connectivity index (χ4n) is 2.59. The summed E-state index contributed by atoms with van der Waals surface area (Å²) >= 11 is 0. The number of nitrogens with one attached hydrogen (secondary N) is 4. The Morgan fingerprint density at radius 3 is 2.42 bits per heavy atom. The first-order valence-electron chi connectivity index (χ1n) is 8.05. The van der Waals surface area contributed by atoms with Crippen molar-refractivity contribution in [1.82, 2.24) is 15.8 Å². The van der Waals surface area contributed by atoms with Crippen LogP contribution >= 0.6 is 0 Å². The smallest absolute Gasteiger partial charge is 0.271 e. The third kappa shape index (κ3) is 4.07. The zero-order chi connectivity index (χ0) is 18.5. The van der Waals surface area contributed by atoms with Crippen LogP contribution in [0.4, 0.5) is 5.69 Å². The van der Waals surface area contributed by atoms with Crippen LogP contribution in [-0.2, 0) is 16.0 Å². The standard InChI is InChI=1S/C19H18N4O3/c1-12(24)21-14-8-6-13(7-9-14)10-18(25)22-23-19(26)16-11-20-17-5-3-2-4-15(16)17/h2-9,11,20H,10H2,1H3,(H,21,24)(H,22,25)(H,23,26). The van der Waals surface area contributed by atoms with Gasteiger partial charge in [-0.1, -0.05) is 30.3 Å². The van der Waals surface area contributed by atoms with Crippen LogP contribution in [0.25, 0.3) is 10.9 Å². The molecule has 3 rings (SSSR count). The molecule has 0 spiro atoms. The highest BCUT2D eigenvalue weighted by molar-refractivity contribution is 6.07. The van der Waals surface area contributed by atoms with E-state index in [1.807, 2.05) is 24.3 Å². The number of aromatic amines is 1. The van der Waals surface area contributed by atoms with Crippen LogP contribution in [0.1, 0.15) is 22.8 Å². The van der Waals surface area contributed by atoms with Gasteiger partial charge in [0.05, 0.1) is 12.0 Å². The van der Waals surface area contributed by atoms with Crippen molar-refractivity contribution >= 4 is 34.3 Å². The summed E-state index contributed by atoms with van der Waals surface area (Å²) in [6.07, 6.45) is 1.71. The lowest BCUT2D eigenvalue weighted by Crippen LogP contribution is -2.42. The van der Waals surface area contributed by atoms with E-state index >= 15 is 0 Å². The lowest BCUT2D eigenvalue weighted by molar-refractivity contribution is -0.121. The Kier molecular flexibility index (Phi) is 4.98. The van der Waals surface area contributed by atoms with E-state index in [1.54, 1.807) is 30.5 Å². The minimum atomic E-state index is -0.392. The van der Waals surface area contributed by atoms with Crippen molar-refractivity contribution in [3.05, 3.63) is 65.9 Å². The maximum absolute atomic E-state index is 12.2. The van der Waals surface area contributed by atoms with Gasteiger partial charge in [0.25, 0.3) is 5.91 Å². The molecule has 0 unspecified atom stereocenters. The molecule has 0 aliphatic carbocycles. The Labute approximate surface area is 149 Å². The molecule has 0 aliphatic rings. The third-order valence-electron chi connectivity index (χ3n) is 3.79. The Morgan fingerprint density at radius 1 is 0.962 bits per heavy atom. The second-order valence-corrected chi connectivity index (χ2v) is 5.81. The summed E-state index contributed by atoms with van der Waals surface area (Å²) < 4.78 is 0. The van der Waals surface area contributed by atoms with Gasteiger partial charge in [-0.15, -0.1) is 0 Å². The number of H-pyrrole nitrogens is 1. The van der Waals surface area contributed by atoms with Crippen molar-refractivity contribution in [3.63, 3.8) is 0 Å². The van der Waals surface area contributed by atoms with Crippen molar-refractivity contribution in [2.45, 2.75) is 13.3 Å². The van der Waals surface area contributed by atoms with Crippen LogP contribution < -0.4 is 16.2 Å². The molecule has 0 aliphatic heterocycles. The van der Waals surface area contributed by atoms with Gasteiger partial charge in [-0.3, -0.25) is 25.2 Å². The van der Waals surface area contributed by atoms with Crippen molar-refractivity contribution in [2.24, 2.45) is 0 Å². The van der Waals surface area contributed by atoms with Gasteiger partial charge < -0.3 is 10.3 Å². The molecule has 7 nitrogen and oxygen atoms in total. The van der Waals surface area contributed by atoms with Crippen LogP contribution in [0.3, 0.4) is 0 Å². The summed E-state index contributed by atoms with van der Waals surface area (Å²) in [5, 5.41) is 3.44. The van der Waals surface area contributed by atoms with E-state index in [0.717, 1.165) is 16.5 Å². The molecule has 0 fully saturated rings. The number of hydrazine groups is 1. The Hall–Kier alpha value is -3.61. The molecule has 3 amide bonds. The summed E-state index contributed by atoms with van der Waals surface area (Å²) in [5.74, 6) is -0.891. The first-order chi connectivity index (χ1) is 12.5. The van der Waals surface area contributed by atoms with Crippen molar-refractivity contribution < 1.29 is 14.4 Å². The maximum Gasteiger partial charge on any atom is 0.271 e. The Morgan fingerprint density at radius 2 is 1.69 bits per heavy atom. The number of benzene rings is 2. The van der Waals surface area contributed by atoms with Crippen LogP contribution in [0, 0.1) is 0 Å². The van der Waals surface area contributed by atoms with E-state index in [4.69, 9.17) is 0 Å². The summed E-state index contributed by atoms with van der Waals surface area (Å²) in [4.78, 5) is 38.2. The predicted octanol–water partition coefficient (Wildman–Crippen LogP) is 2.13. The molecule has 26 heavy (non-hydrogen) atoms. The number of carbonyl (C=O) groups is 3. The fourth-order valence-corrected chi connectivity index (χ4v) is 2.59. The normalized spacial score (nSPS) is 10.3. The van der Waals surface area contributed by atoms with Gasteiger partial charge in [-0.05, 0) is 23.8 Å². The Balaban J connectivity index is 1.55. The number of hydrogen-bond acceptors (Lipinski definition) is 3. The molecule has 3 aromatic rings. The second-order valence-electron chi connectivity index (χ2n) is 5.81. The summed E-state index contributed by atoms with van der Waals surface area (Å²) in [5.41, 5.74) is 7.56. The molecular formula is C19H18N4O3. The summed E-state index contributed by atoms with van der Waals surface area (Å²) in [6, 6.07) is 14.3. The highest BCUT2D eigenvalue weighted by Gasteiger charge is 2.12. The quantitative estimate of drug-likeness (QED) is 0.542. The molecular weight excluding hydrogens is 332 g/mol. The summed E-state index contributed by atoms with van der Waals surface area (Å²) in [6.45, 7) is 1.43. The zero-order valence-corrected chi connectivity index (χ0v) is 14.1. The molecule has 7 heteroatoms. The molecule has 0 radical (unpaired) electrons. The number of carbonyl (C=O) groups excluding carboxylic acids is 3.